The number of hydrogen-bond donors (Lipinski definition) is 0. The second-order valence-corrected chi connectivity index (χ2v) is 1.72. The largest absolute Gasteiger partial charge is 0.294 e. The summed E-state index contributed by atoms with van der Waals surface area (Å²) in [6.45, 7) is 7.09. The van der Waals surface area contributed by atoms with Crippen LogP contribution in [0.2, 0.25) is 0 Å². The quantitative estimate of drug-likeness (QED) is 0.430. The van der Waals surface area contributed by atoms with Gasteiger partial charge in [0, 0.05) is 19.5 Å². The van der Waals surface area contributed by atoms with Gasteiger partial charge in [-0.25, -0.2) is 0 Å². The normalized spacial score (nSPS) is 12.6. The van der Waals surface area contributed by atoms with Crippen LogP contribution < -0.4 is 0 Å². The first-order valence-electron chi connectivity index (χ1n) is 3.25. The molecule has 0 aliphatic carbocycles. The maximum atomic E-state index is 4.02. The molecule has 0 spiro atoms. The summed E-state index contributed by atoms with van der Waals surface area (Å²) >= 11 is 0. The Morgan fingerprint density at radius 2 is 2.09 bits per heavy atom. The van der Waals surface area contributed by atoms with E-state index >= 15 is 0 Å². The molecule has 0 saturated carbocycles. The molecule has 58 valence electrons. The minimum Gasteiger partial charge on any atom is -0.294 e. The Kier molecular flexibility index (Phi) is 5.80. The molecule has 0 heterocycles. The maximum absolute atomic E-state index is 4.02. The van der Waals surface area contributed by atoms with Gasteiger partial charge in [-0.3, -0.25) is 9.98 Å². The van der Waals surface area contributed by atoms with Crippen LogP contribution in [0, 0.1) is 0 Å². The minimum atomic E-state index is 0.741. The SMILES string of the molecule is C=C/C=C\N=C(C=C)C=NC. The smallest absolute Gasteiger partial charge is 0.0801 e. The van der Waals surface area contributed by atoms with Gasteiger partial charge in [0.2, 0.25) is 0 Å². The molecule has 0 fully saturated rings. The first-order chi connectivity index (χ1) is 5.35. The molecule has 2 nitrogen and oxygen atoms in total. The van der Waals surface area contributed by atoms with Crippen molar-refractivity contribution in [1.29, 1.82) is 0 Å². The number of nitrogens with zero attached hydrogens (tertiary/aromatic N) is 2. The van der Waals surface area contributed by atoms with Gasteiger partial charge in [0.05, 0.1) is 5.71 Å². The number of aliphatic imine (C=N–C) groups is 2. The van der Waals surface area contributed by atoms with Gasteiger partial charge in [-0.15, -0.1) is 0 Å². The zero-order valence-corrected chi connectivity index (χ0v) is 6.70. The van der Waals surface area contributed by atoms with Crippen LogP contribution in [-0.4, -0.2) is 19.0 Å². The molecule has 2 heteroatoms. The van der Waals surface area contributed by atoms with Gasteiger partial charge in [-0.2, -0.15) is 0 Å². The van der Waals surface area contributed by atoms with Crippen LogP contribution in [0.1, 0.15) is 0 Å². The molecule has 0 amide bonds. The predicted molar refractivity (Wildman–Crippen MR) is 51.4 cm³/mol. The van der Waals surface area contributed by atoms with Crippen LogP contribution in [0.15, 0.2) is 47.6 Å². The van der Waals surface area contributed by atoms with E-state index in [-0.39, 0.29) is 0 Å². The molecule has 0 unspecified atom stereocenters. The Morgan fingerprint density at radius 3 is 2.55 bits per heavy atom. The number of hydrogen-bond acceptors (Lipinski definition) is 2. The van der Waals surface area contributed by atoms with E-state index in [9.17, 15) is 0 Å². The molecule has 0 aromatic heterocycles. The molecule has 0 aliphatic heterocycles. The second-order valence-electron chi connectivity index (χ2n) is 1.72. The highest BCUT2D eigenvalue weighted by Gasteiger charge is 1.80. The molecule has 0 radical (unpaired) electrons. The fourth-order valence-corrected chi connectivity index (χ4v) is 0.461. The summed E-state index contributed by atoms with van der Waals surface area (Å²) < 4.78 is 0. The third-order valence-corrected chi connectivity index (χ3v) is 0.916. The lowest BCUT2D eigenvalue weighted by atomic mass is 10.4. The fraction of sp³-hybridized carbons (Fsp3) is 0.111. The lowest BCUT2D eigenvalue weighted by Gasteiger charge is -1.85. The van der Waals surface area contributed by atoms with Gasteiger partial charge < -0.3 is 0 Å². The Balaban J connectivity index is 4.22. The second kappa shape index (κ2) is 6.68. The van der Waals surface area contributed by atoms with Gasteiger partial charge in [0.1, 0.15) is 0 Å². The van der Waals surface area contributed by atoms with Crippen molar-refractivity contribution in [2.75, 3.05) is 7.05 Å². The van der Waals surface area contributed by atoms with Crippen molar-refractivity contribution >= 4 is 11.9 Å². The summed E-state index contributed by atoms with van der Waals surface area (Å²) in [5, 5.41) is 0. The summed E-state index contributed by atoms with van der Waals surface area (Å²) in [6.07, 6.45) is 8.33. The van der Waals surface area contributed by atoms with E-state index in [2.05, 4.69) is 23.1 Å². The maximum Gasteiger partial charge on any atom is 0.0801 e. The van der Waals surface area contributed by atoms with Gasteiger partial charge in [-0.1, -0.05) is 19.2 Å². The van der Waals surface area contributed by atoms with E-state index < -0.39 is 0 Å². The highest BCUT2D eigenvalue weighted by molar-refractivity contribution is 6.35. The molecule has 0 atom stereocenters. The fourth-order valence-electron chi connectivity index (χ4n) is 0.461. The predicted octanol–water partition coefficient (Wildman–Crippen LogP) is 2.01. The zero-order chi connectivity index (χ0) is 8.53. The third-order valence-electron chi connectivity index (χ3n) is 0.916. The Labute approximate surface area is 67.4 Å². The summed E-state index contributed by atoms with van der Waals surface area (Å²) in [4.78, 5) is 7.82. The third kappa shape index (κ3) is 5.03. The summed E-state index contributed by atoms with van der Waals surface area (Å²) in [7, 11) is 1.69. The van der Waals surface area contributed by atoms with Gasteiger partial charge in [0.25, 0.3) is 0 Å². The molecule has 0 bridgehead atoms. The van der Waals surface area contributed by atoms with Crippen molar-refractivity contribution in [3.05, 3.63) is 37.6 Å². The molecule has 11 heavy (non-hydrogen) atoms. The van der Waals surface area contributed by atoms with Gasteiger partial charge in [-0.05, 0) is 12.2 Å². The number of allylic oxidation sites excluding steroid dienone is 3. The first-order valence-corrected chi connectivity index (χ1v) is 3.25. The van der Waals surface area contributed by atoms with Crippen molar-refractivity contribution in [3.63, 3.8) is 0 Å². The Bertz CT molecular complexity index is 210. The standard InChI is InChI=1S/C9H12N2/c1-4-6-7-11-9(5-2)8-10-3/h4-8H,1-2H2,3H3/b7-6-,10-8?,11-9?. The van der Waals surface area contributed by atoms with Crippen LogP contribution >= 0.6 is 0 Å². The van der Waals surface area contributed by atoms with Crippen molar-refractivity contribution in [3.8, 4) is 0 Å². The lowest BCUT2D eigenvalue weighted by Crippen LogP contribution is -1.92. The minimum absolute atomic E-state index is 0.741. The van der Waals surface area contributed by atoms with Crippen LogP contribution in [-0.2, 0) is 0 Å². The average Bonchev–Trinajstić information content (AvgIpc) is 2.03. The van der Waals surface area contributed by atoms with Crippen molar-refractivity contribution < 1.29 is 0 Å². The van der Waals surface area contributed by atoms with E-state index in [1.54, 1.807) is 37.7 Å². The summed E-state index contributed by atoms with van der Waals surface area (Å²) in [6, 6.07) is 0. The highest BCUT2D eigenvalue weighted by atomic mass is 14.7. The van der Waals surface area contributed by atoms with Crippen LogP contribution in [0.3, 0.4) is 0 Å². The van der Waals surface area contributed by atoms with Gasteiger partial charge >= 0.3 is 0 Å². The molecule has 0 aromatic carbocycles. The summed E-state index contributed by atoms with van der Waals surface area (Å²) in [5.74, 6) is 0. The van der Waals surface area contributed by atoms with Crippen molar-refractivity contribution in [2.45, 2.75) is 0 Å². The van der Waals surface area contributed by atoms with Gasteiger partial charge in [0.15, 0.2) is 0 Å². The summed E-state index contributed by atoms with van der Waals surface area (Å²) in [5.41, 5.74) is 0.741. The first kappa shape index (κ1) is 9.56. The van der Waals surface area contributed by atoms with Crippen LogP contribution in [0.4, 0.5) is 0 Å². The van der Waals surface area contributed by atoms with E-state index in [0.29, 0.717) is 0 Å². The Hall–Kier alpha value is -1.44. The Morgan fingerprint density at radius 1 is 1.36 bits per heavy atom. The van der Waals surface area contributed by atoms with Crippen LogP contribution in [0.25, 0.3) is 0 Å². The molecule has 0 saturated heterocycles. The topological polar surface area (TPSA) is 24.7 Å². The molecule has 0 N–H and O–H groups in total. The van der Waals surface area contributed by atoms with E-state index in [1.807, 2.05) is 0 Å². The van der Waals surface area contributed by atoms with E-state index in [4.69, 9.17) is 0 Å². The van der Waals surface area contributed by atoms with E-state index in [1.165, 1.54) is 0 Å². The van der Waals surface area contributed by atoms with E-state index in [0.717, 1.165) is 5.71 Å². The van der Waals surface area contributed by atoms with Crippen molar-refractivity contribution in [1.82, 2.24) is 0 Å². The molecular formula is C9H12N2. The monoisotopic (exact) mass is 148 g/mol. The average molecular weight is 148 g/mol. The molecule has 0 aromatic rings. The zero-order valence-electron chi connectivity index (χ0n) is 6.70. The highest BCUT2D eigenvalue weighted by Crippen LogP contribution is 1.81. The molecule has 0 rings (SSSR count). The molecular weight excluding hydrogens is 136 g/mol. The molecule has 0 aliphatic rings. The number of rotatable bonds is 4. The van der Waals surface area contributed by atoms with Crippen LogP contribution in [0.5, 0.6) is 0 Å². The lowest BCUT2D eigenvalue weighted by molar-refractivity contribution is 1.47. The van der Waals surface area contributed by atoms with Crippen molar-refractivity contribution in [2.24, 2.45) is 9.98 Å².